The molecular weight excluding hydrogens is 748 g/mol. The Morgan fingerprint density at radius 3 is 1.43 bits per heavy atom. The number of ether oxygens (including phenoxy) is 2. The first-order valence-corrected chi connectivity index (χ1v) is 16.3. The fraction of sp³-hybridized carbons (Fsp3) is 0.171. The van der Waals surface area contributed by atoms with E-state index in [9.17, 15) is 24.0 Å². The first kappa shape index (κ1) is 40.4. The van der Waals surface area contributed by atoms with Crippen LogP contribution in [0.2, 0.25) is 20.1 Å². The molecule has 268 valence electrons. The van der Waals surface area contributed by atoms with E-state index in [0.29, 0.717) is 16.9 Å². The molecule has 4 aromatic rings. The molecule has 3 amide bonds. The second-order valence-electron chi connectivity index (χ2n) is 10.6. The van der Waals surface area contributed by atoms with Gasteiger partial charge in [-0.2, -0.15) is 0 Å². The van der Waals surface area contributed by atoms with E-state index in [-0.39, 0.29) is 68.6 Å². The zero-order chi connectivity index (χ0) is 37.7. The van der Waals surface area contributed by atoms with Crippen molar-refractivity contribution in [1.29, 1.82) is 0 Å². The van der Waals surface area contributed by atoms with E-state index >= 15 is 0 Å². The summed E-state index contributed by atoms with van der Waals surface area (Å²) in [6.45, 7) is 2.66. The second kappa shape index (κ2) is 19.4. The van der Waals surface area contributed by atoms with E-state index in [1.807, 2.05) is 6.07 Å². The molecule has 0 bridgehead atoms. The Labute approximate surface area is 312 Å². The summed E-state index contributed by atoms with van der Waals surface area (Å²) in [4.78, 5) is 55.4. The predicted molar refractivity (Wildman–Crippen MR) is 194 cm³/mol. The summed E-state index contributed by atoms with van der Waals surface area (Å²) in [5.74, 6) is -2.61. The average molecular weight is 779 g/mol. The summed E-state index contributed by atoms with van der Waals surface area (Å²) in [6.07, 6.45) is -0.168. The minimum atomic E-state index is -1.16. The van der Waals surface area contributed by atoms with Crippen molar-refractivity contribution in [3.05, 3.63) is 115 Å². The number of nitrogens with one attached hydrogen (secondary N) is 3. The third-order valence-electron chi connectivity index (χ3n) is 6.34. The fourth-order valence-corrected chi connectivity index (χ4v) is 5.55. The molecule has 16 heteroatoms. The number of hydrogen-bond acceptors (Lipinski definition) is 7. The van der Waals surface area contributed by atoms with Gasteiger partial charge < -0.3 is 35.6 Å². The van der Waals surface area contributed by atoms with Crippen LogP contribution in [0.1, 0.15) is 40.9 Å². The molecule has 0 spiro atoms. The molecule has 0 aliphatic carbocycles. The normalized spacial score (nSPS) is 10.2. The average Bonchev–Trinajstić information content (AvgIpc) is 3.02. The van der Waals surface area contributed by atoms with Crippen LogP contribution in [0.25, 0.3) is 0 Å². The highest BCUT2D eigenvalue weighted by Gasteiger charge is 2.16. The standard InChI is InChI=1S/C18H16Cl2N2O5.C17H15Cl2NO4/c1-10(23)22-13-4-2-3-11(5-13)9-27-17-14(19)6-12(7-15(17)20)18(26)21-8-16(24)25;1-10(21)20-13-4-2-3-11(5-13)9-24-17-14(18)6-12(7-15(17)19)8-16(22)23/h2-7H,8-9H2,1H3,(H,21,26)(H,22,23)(H,24,25);2-7H,8-9H2,1H3,(H,20,21)(H,22,23). The molecule has 51 heavy (non-hydrogen) atoms. The topological polar surface area (TPSA) is 180 Å². The second-order valence-corrected chi connectivity index (χ2v) is 12.3. The zero-order valence-electron chi connectivity index (χ0n) is 27.0. The monoisotopic (exact) mass is 777 g/mol. The molecule has 0 heterocycles. The molecule has 0 atom stereocenters. The number of hydrogen-bond donors (Lipinski definition) is 5. The highest BCUT2D eigenvalue weighted by Crippen LogP contribution is 2.36. The maximum Gasteiger partial charge on any atom is 0.322 e. The number of carbonyl (C=O) groups is 5. The van der Waals surface area contributed by atoms with Crippen LogP contribution in [0.4, 0.5) is 11.4 Å². The number of halogens is 4. The van der Waals surface area contributed by atoms with E-state index in [2.05, 4.69) is 16.0 Å². The van der Waals surface area contributed by atoms with Gasteiger partial charge in [0.25, 0.3) is 5.91 Å². The van der Waals surface area contributed by atoms with Gasteiger partial charge in [0.05, 0.1) is 26.5 Å². The Morgan fingerprint density at radius 1 is 0.608 bits per heavy atom. The summed E-state index contributed by atoms with van der Waals surface area (Å²) in [6, 6.07) is 20.0. The molecule has 0 saturated heterocycles. The van der Waals surface area contributed by atoms with E-state index in [1.165, 1.54) is 38.1 Å². The molecular formula is C35H31Cl4N3O9. The summed E-state index contributed by atoms with van der Waals surface area (Å²) < 4.78 is 11.3. The van der Waals surface area contributed by atoms with E-state index in [0.717, 1.165) is 11.1 Å². The van der Waals surface area contributed by atoms with Crippen molar-refractivity contribution < 1.29 is 43.7 Å². The van der Waals surface area contributed by atoms with Gasteiger partial charge in [-0.25, -0.2) is 0 Å². The first-order chi connectivity index (χ1) is 24.1. The lowest BCUT2D eigenvalue weighted by Crippen LogP contribution is -2.29. The van der Waals surface area contributed by atoms with Gasteiger partial charge in [0, 0.05) is 30.8 Å². The molecule has 0 radical (unpaired) electrons. The number of carboxylic acid groups (broad SMARTS) is 2. The Morgan fingerprint density at radius 2 is 1.04 bits per heavy atom. The van der Waals surface area contributed by atoms with Crippen LogP contribution in [-0.2, 0) is 38.8 Å². The molecule has 0 aliphatic heterocycles. The summed E-state index contributed by atoms with van der Waals surface area (Å²) in [7, 11) is 0. The van der Waals surface area contributed by atoms with Gasteiger partial charge in [-0.15, -0.1) is 0 Å². The summed E-state index contributed by atoms with van der Waals surface area (Å²) >= 11 is 24.5. The molecule has 4 rings (SSSR count). The number of rotatable bonds is 13. The number of benzene rings is 4. The van der Waals surface area contributed by atoms with Crippen LogP contribution < -0.4 is 25.4 Å². The van der Waals surface area contributed by atoms with Gasteiger partial charge in [-0.05, 0) is 65.2 Å². The highest BCUT2D eigenvalue weighted by atomic mass is 35.5. The van der Waals surface area contributed by atoms with Crippen LogP contribution in [0.15, 0.2) is 72.8 Å². The number of carboxylic acids is 2. The maximum atomic E-state index is 11.9. The minimum absolute atomic E-state index is 0.112. The van der Waals surface area contributed by atoms with Gasteiger partial charge in [-0.1, -0.05) is 70.7 Å². The lowest BCUT2D eigenvalue weighted by Gasteiger charge is -2.12. The molecule has 0 unspecified atom stereocenters. The molecule has 12 nitrogen and oxygen atoms in total. The van der Waals surface area contributed by atoms with Crippen LogP contribution in [0, 0.1) is 0 Å². The van der Waals surface area contributed by atoms with Crippen molar-refractivity contribution in [2.24, 2.45) is 0 Å². The lowest BCUT2D eigenvalue weighted by molar-refractivity contribution is -0.137. The van der Waals surface area contributed by atoms with Gasteiger partial charge in [0.1, 0.15) is 19.8 Å². The lowest BCUT2D eigenvalue weighted by atomic mass is 10.1. The largest absolute Gasteiger partial charge is 0.486 e. The van der Waals surface area contributed by atoms with Crippen LogP contribution in [0.3, 0.4) is 0 Å². The Hall–Kier alpha value is -5.01. The van der Waals surface area contributed by atoms with Gasteiger partial charge in [0.2, 0.25) is 11.8 Å². The Kier molecular flexibility index (Phi) is 15.4. The van der Waals surface area contributed by atoms with Crippen LogP contribution in [0.5, 0.6) is 11.5 Å². The van der Waals surface area contributed by atoms with Crippen molar-refractivity contribution in [2.75, 3.05) is 17.2 Å². The minimum Gasteiger partial charge on any atom is -0.486 e. The first-order valence-electron chi connectivity index (χ1n) is 14.8. The summed E-state index contributed by atoms with van der Waals surface area (Å²) in [5, 5.41) is 25.7. The Balaban J connectivity index is 0.000000277. The van der Waals surface area contributed by atoms with Gasteiger partial charge in [0.15, 0.2) is 11.5 Å². The van der Waals surface area contributed by atoms with E-state index in [1.54, 1.807) is 42.5 Å². The number of amides is 3. The molecule has 0 aromatic heterocycles. The van der Waals surface area contributed by atoms with Gasteiger partial charge in [-0.3, -0.25) is 24.0 Å². The SMILES string of the molecule is CC(=O)Nc1cccc(COc2c(Cl)cc(C(=O)NCC(=O)O)cc2Cl)c1.CC(=O)Nc1cccc(COc2c(Cl)cc(CC(=O)O)cc2Cl)c1. The van der Waals surface area contributed by atoms with Crippen molar-refractivity contribution in [3.63, 3.8) is 0 Å². The van der Waals surface area contributed by atoms with E-state index in [4.69, 9.17) is 66.1 Å². The van der Waals surface area contributed by atoms with Crippen LogP contribution >= 0.6 is 46.4 Å². The maximum absolute atomic E-state index is 11.9. The predicted octanol–water partition coefficient (Wildman–Crippen LogP) is 7.50. The van der Waals surface area contributed by atoms with E-state index < -0.39 is 24.4 Å². The third-order valence-corrected chi connectivity index (χ3v) is 7.46. The smallest absolute Gasteiger partial charge is 0.322 e. The van der Waals surface area contributed by atoms with Crippen molar-refractivity contribution >= 4 is 87.4 Å². The van der Waals surface area contributed by atoms with Gasteiger partial charge >= 0.3 is 11.9 Å². The third kappa shape index (κ3) is 13.7. The van der Waals surface area contributed by atoms with Crippen molar-refractivity contribution in [3.8, 4) is 11.5 Å². The zero-order valence-corrected chi connectivity index (χ0v) is 30.0. The molecule has 0 saturated carbocycles. The van der Waals surface area contributed by atoms with Crippen molar-refractivity contribution in [1.82, 2.24) is 5.32 Å². The fourth-order valence-electron chi connectivity index (χ4n) is 4.31. The summed E-state index contributed by atoms with van der Waals surface area (Å²) in [5.41, 5.74) is 3.51. The quantitative estimate of drug-likeness (QED) is 0.0918. The molecule has 0 fully saturated rings. The Bertz CT molecular complexity index is 1890. The number of aliphatic carboxylic acids is 2. The number of carbonyl (C=O) groups excluding carboxylic acids is 3. The number of anilines is 2. The molecule has 0 aliphatic rings. The van der Waals surface area contributed by atoms with Crippen molar-refractivity contribution in [2.45, 2.75) is 33.5 Å². The highest BCUT2D eigenvalue weighted by molar-refractivity contribution is 6.38. The molecule has 4 aromatic carbocycles. The van der Waals surface area contributed by atoms with Crippen LogP contribution in [-0.4, -0.2) is 46.4 Å². The molecule has 5 N–H and O–H groups in total.